The second-order valence-corrected chi connectivity index (χ2v) is 4.01. The lowest BCUT2D eigenvalue weighted by molar-refractivity contribution is -0.122. The van der Waals surface area contributed by atoms with Crippen LogP contribution in [-0.4, -0.2) is 18.5 Å². The quantitative estimate of drug-likeness (QED) is 0.806. The maximum Gasteiger partial charge on any atom is 0.220 e. The molecule has 2 N–H and O–H groups in total. The van der Waals surface area contributed by atoms with Crippen molar-refractivity contribution in [3.63, 3.8) is 0 Å². The van der Waals surface area contributed by atoms with E-state index in [1.807, 2.05) is 6.07 Å². The van der Waals surface area contributed by atoms with Gasteiger partial charge in [0, 0.05) is 31.1 Å². The van der Waals surface area contributed by atoms with Gasteiger partial charge in [0.2, 0.25) is 5.91 Å². The van der Waals surface area contributed by atoms with Gasteiger partial charge in [0.15, 0.2) is 0 Å². The largest absolute Gasteiger partial charge is 0.355 e. The summed E-state index contributed by atoms with van der Waals surface area (Å²) in [6.45, 7) is 1.14. The molecule has 86 valence electrons. The van der Waals surface area contributed by atoms with Gasteiger partial charge >= 0.3 is 0 Å². The van der Waals surface area contributed by atoms with E-state index in [0.29, 0.717) is 25.1 Å². The smallest absolute Gasteiger partial charge is 0.220 e. The van der Waals surface area contributed by atoms with Crippen molar-refractivity contribution in [2.24, 2.45) is 0 Å². The first kappa shape index (κ1) is 11.1. The maximum atomic E-state index is 13.3. The Morgan fingerprint density at radius 1 is 1.44 bits per heavy atom. The van der Waals surface area contributed by atoms with Crippen molar-refractivity contribution < 1.29 is 9.18 Å². The average Bonchev–Trinajstić information content (AvgIpc) is 2.30. The first-order valence-electron chi connectivity index (χ1n) is 5.49. The Hall–Kier alpha value is -1.42. The monoisotopic (exact) mass is 222 g/mol. The molecule has 3 nitrogen and oxygen atoms in total. The van der Waals surface area contributed by atoms with Crippen molar-refractivity contribution in [2.45, 2.75) is 25.4 Å². The lowest BCUT2D eigenvalue weighted by atomic mass is 10.1. The summed E-state index contributed by atoms with van der Waals surface area (Å²) in [5.74, 6) is -0.0845. The highest BCUT2D eigenvalue weighted by atomic mass is 19.1. The lowest BCUT2D eigenvalue weighted by Crippen LogP contribution is -2.45. The lowest BCUT2D eigenvalue weighted by Gasteiger charge is -2.23. The first-order chi connectivity index (χ1) is 7.75. The summed E-state index contributed by atoms with van der Waals surface area (Å²) in [4.78, 5) is 10.9. The molecule has 0 aliphatic carbocycles. The van der Waals surface area contributed by atoms with Crippen LogP contribution in [0.2, 0.25) is 0 Å². The molecule has 1 aliphatic rings. The number of rotatable bonds is 3. The molecule has 1 aliphatic heterocycles. The molecule has 0 saturated carbocycles. The molecule has 0 aromatic heterocycles. The number of carbonyl (C=O) groups is 1. The Bertz CT molecular complexity index is 371. The highest BCUT2D eigenvalue weighted by Crippen LogP contribution is 2.08. The van der Waals surface area contributed by atoms with Crippen molar-refractivity contribution in [3.05, 3.63) is 35.6 Å². The van der Waals surface area contributed by atoms with Gasteiger partial charge in [-0.1, -0.05) is 18.2 Å². The van der Waals surface area contributed by atoms with E-state index < -0.39 is 0 Å². The number of hydrogen-bond acceptors (Lipinski definition) is 2. The van der Waals surface area contributed by atoms with Gasteiger partial charge in [-0.3, -0.25) is 4.79 Å². The van der Waals surface area contributed by atoms with Crippen molar-refractivity contribution in [2.75, 3.05) is 6.54 Å². The van der Waals surface area contributed by atoms with Crippen LogP contribution in [0, 0.1) is 5.82 Å². The third kappa shape index (κ3) is 2.79. The fraction of sp³-hybridized carbons (Fsp3) is 0.417. The SMILES string of the molecule is O=C1CCC(NCc2ccccc2F)CN1. The number of carbonyl (C=O) groups excluding carboxylic acids is 1. The Kier molecular flexibility index (Phi) is 3.51. The molecule has 2 rings (SSSR count). The van der Waals surface area contributed by atoms with Crippen LogP contribution < -0.4 is 10.6 Å². The summed E-state index contributed by atoms with van der Waals surface area (Å²) < 4.78 is 13.3. The predicted octanol–water partition coefficient (Wildman–Crippen LogP) is 1.19. The zero-order chi connectivity index (χ0) is 11.4. The van der Waals surface area contributed by atoms with Gasteiger partial charge in [-0.15, -0.1) is 0 Å². The van der Waals surface area contributed by atoms with Crippen LogP contribution in [0.1, 0.15) is 18.4 Å². The summed E-state index contributed by atoms with van der Waals surface area (Å²) in [7, 11) is 0. The molecule has 1 saturated heterocycles. The molecular weight excluding hydrogens is 207 g/mol. The fourth-order valence-electron chi connectivity index (χ4n) is 1.80. The van der Waals surface area contributed by atoms with E-state index in [-0.39, 0.29) is 17.8 Å². The molecule has 1 aromatic carbocycles. The minimum Gasteiger partial charge on any atom is -0.355 e. The molecule has 0 radical (unpaired) electrons. The predicted molar refractivity (Wildman–Crippen MR) is 59.3 cm³/mol. The Morgan fingerprint density at radius 2 is 2.25 bits per heavy atom. The van der Waals surface area contributed by atoms with Crippen LogP contribution in [0.5, 0.6) is 0 Å². The summed E-state index contributed by atoms with van der Waals surface area (Å²) in [5, 5.41) is 6.03. The summed E-state index contributed by atoms with van der Waals surface area (Å²) in [6, 6.07) is 6.98. The Labute approximate surface area is 94.0 Å². The third-order valence-electron chi connectivity index (χ3n) is 2.80. The van der Waals surface area contributed by atoms with Crippen molar-refractivity contribution in [1.82, 2.24) is 10.6 Å². The van der Waals surface area contributed by atoms with Crippen molar-refractivity contribution >= 4 is 5.91 Å². The van der Waals surface area contributed by atoms with Gasteiger partial charge in [0.05, 0.1) is 0 Å². The van der Waals surface area contributed by atoms with E-state index in [1.54, 1.807) is 12.1 Å². The van der Waals surface area contributed by atoms with Gasteiger partial charge in [0.25, 0.3) is 0 Å². The number of benzene rings is 1. The molecular formula is C12H15FN2O. The molecule has 16 heavy (non-hydrogen) atoms. The van der Waals surface area contributed by atoms with Crippen LogP contribution in [-0.2, 0) is 11.3 Å². The zero-order valence-electron chi connectivity index (χ0n) is 9.00. The molecule has 1 aromatic rings. The van der Waals surface area contributed by atoms with E-state index in [0.717, 1.165) is 6.42 Å². The van der Waals surface area contributed by atoms with Crippen LogP contribution in [0.3, 0.4) is 0 Å². The minimum atomic E-state index is -0.185. The highest BCUT2D eigenvalue weighted by molar-refractivity contribution is 5.76. The van der Waals surface area contributed by atoms with Gasteiger partial charge < -0.3 is 10.6 Å². The normalized spacial score (nSPS) is 20.6. The van der Waals surface area contributed by atoms with Crippen molar-refractivity contribution in [1.29, 1.82) is 0 Å². The molecule has 1 amide bonds. The second-order valence-electron chi connectivity index (χ2n) is 4.01. The molecule has 0 spiro atoms. The third-order valence-corrected chi connectivity index (χ3v) is 2.80. The van der Waals surface area contributed by atoms with E-state index in [9.17, 15) is 9.18 Å². The fourth-order valence-corrected chi connectivity index (χ4v) is 1.80. The van der Waals surface area contributed by atoms with Gasteiger partial charge in [-0.25, -0.2) is 4.39 Å². The number of nitrogens with one attached hydrogen (secondary N) is 2. The van der Waals surface area contributed by atoms with Crippen molar-refractivity contribution in [3.8, 4) is 0 Å². The topological polar surface area (TPSA) is 41.1 Å². The number of hydrogen-bond donors (Lipinski definition) is 2. The first-order valence-corrected chi connectivity index (χ1v) is 5.49. The van der Waals surface area contributed by atoms with Gasteiger partial charge in [0.1, 0.15) is 5.82 Å². The van der Waals surface area contributed by atoms with Gasteiger partial charge in [-0.05, 0) is 12.5 Å². The molecule has 0 bridgehead atoms. The van der Waals surface area contributed by atoms with E-state index in [1.165, 1.54) is 6.07 Å². The van der Waals surface area contributed by atoms with Gasteiger partial charge in [-0.2, -0.15) is 0 Å². The van der Waals surface area contributed by atoms with Crippen LogP contribution in [0.15, 0.2) is 24.3 Å². The molecule has 1 unspecified atom stereocenters. The average molecular weight is 222 g/mol. The molecule has 1 atom stereocenters. The Morgan fingerprint density at radius 3 is 2.94 bits per heavy atom. The zero-order valence-corrected chi connectivity index (χ0v) is 9.00. The standard InChI is InChI=1S/C12H15FN2O/c13-11-4-2-1-3-9(11)7-14-10-5-6-12(16)15-8-10/h1-4,10,14H,5-8H2,(H,15,16). The van der Waals surface area contributed by atoms with Crippen LogP contribution in [0.25, 0.3) is 0 Å². The maximum absolute atomic E-state index is 13.3. The summed E-state index contributed by atoms with van der Waals surface area (Å²) in [6.07, 6.45) is 1.37. The molecule has 1 fully saturated rings. The van der Waals surface area contributed by atoms with Crippen LogP contribution in [0.4, 0.5) is 4.39 Å². The number of halogens is 1. The highest BCUT2D eigenvalue weighted by Gasteiger charge is 2.17. The van der Waals surface area contributed by atoms with Crippen LogP contribution >= 0.6 is 0 Å². The molecule has 4 heteroatoms. The number of amides is 1. The van der Waals surface area contributed by atoms with E-state index in [2.05, 4.69) is 10.6 Å². The second kappa shape index (κ2) is 5.07. The van der Waals surface area contributed by atoms with E-state index >= 15 is 0 Å². The Balaban J connectivity index is 1.84. The summed E-state index contributed by atoms with van der Waals surface area (Å²) >= 11 is 0. The minimum absolute atomic E-state index is 0.101. The molecule has 1 heterocycles. The summed E-state index contributed by atoms with van der Waals surface area (Å²) in [5.41, 5.74) is 0.666. The van der Waals surface area contributed by atoms with E-state index in [4.69, 9.17) is 0 Å². The number of piperidine rings is 1.